The van der Waals surface area contributed by atoms with Crippen LogP contribution in [0.4, 0.5) is 20.2 Å². The highest BCUT2D eigenvalue weighted by Gasteiger charge is 2.10. The second-order valence-electron chi connectivity index (χ2n) is 5.58. The van der Waals surface area contributed by atoms with E-state index >= 15 is 0 Å². The van der Waals surface area contributed by atoms with Crippen LogP contribution in [0.15, 0.2) is 36.4 Å². The van der Waals surface area contributed by atoms with Crippen LogP contribution < -0.4 is 15.0 Å². The van der Waals surface area contributed by atoms with E-state index in [1.165, 1.54) is 0 Å². The molecule has 0 aliphatic heterocycles. The Balaban J connectivity index is 1.98. The lowest BCUT2D eigenvalue weighted by Gasteiger charge is -2.22. The van der Waals surface area contributed by atoms with E-state index in [1.54, 1.807) is 0 Å². The lowest BCUT2D eigenvalue weighted by Crippen LogP contribution is -2.23. The largest absolute Gasteiger partial charge is 0.481 e. The van der Waals surface area contributed by atoms with E-state index in [4.69, 9.17) is 4.74 Å². The molecular formula is C19H22F2N2O2. The maximum Gasteiger partial charge on any atom is 0.262 e. The standard InChI is InChI=1S/C19H22F2N2O2/c1-4-23(5-2)15-7-8-17(13(3)10-15)22-19(24)12-25-18-9-6-14(20)11-16(18)21/h6-11H,4-5,12H2,1-3H3,(H,22,24). The van der Waals surface area contributed by atoms with Gasteiger partial charge in [0.25, 0.3) is 5.91 Å². The number of nitrogens with zero attached hydrogens (tertiary/aromatic N) is 1. The molecule has 1 amide bonds. The van der Waals surface area contributed by atoms with Crippen molar-refractivity contribution >= 4 is 17.3 Å². The molecule has 0 saturated carbocycles. The molecule has 0 bridgehead atoms. The zero-order chi connectivity index (χ0) is 18.4. The third-order valence-corrected chi connectivity index (χ3v) is 3.87. The van der Waals surface area contributed by atoms with E-state index in [0.29, 0.717) is 11.8 Å². The van der Waals surface area contributed by atoms with Crippen molar-refractivity contribution in [2.24, 2.45) is 0 Å². The summed E-state index contributed by atoms with van der Waals surface area (Å²) in [5.41, 5.74) is 2.68. The van der Waals surface area contributed by atoms with E-state index < -0.39 is 17.5 Å². The van der Waals surface area contributed by atoms with Gasteiger partial charge in [-0.15, -0.1) is 0 Å². The molecule has 6 heteroatoms. The van der Waals surface area contributed by atoms with Gasteiger partial charge in [0.15, 0.2) is 18.2 Å². The molecule has 0 aromatic heterocycles. The first kappa shape index (κ1) is 18.7. The summed E-state index contributed by atoms with van der Waals surface area (Å²) in [6.45, 7) is 7.52. The number of anilines is 2. The molecule has 25 heavy (non-hydrogen) atoms. The Morgan fingerprint density at radius 1 is 1.12 bits per heavy atom. The number of nitrogens with one attached hydrogen (secondary N) is 1. The highest BCUT2D eigenvalue weighted by atomic mass is 19.1. The molecule has 1 N–H and O–H groups in total. The molecule has 0 unspecified atom stereocenters. The normalized spacial score (nSPS) is 10.4. The van der Waals surface area contributed by atoms with Gasteiger partial charge >= 0.3 is 0 Å². The number of aryl methyl sites for hydroxylation is 1. The number of carbonyl (C=O) groups excluding carboxylic acids is 1. The van der Waals surface area contributed by atoms with Crippen molar-refractivity contribution in [3.63, 3.8) is 0 Å². The molecule has 0 radical (unpaired) electrons. The molecule has 2 aromatic carbocycles. The third kappa shape index (κ3) is 4.92. The van der Waals surface area contributed by atoms with Gasteiger partial charge in [0.1, 0.15) is 5.82 Å². The van der Waals surface area contributed by atoms with Crippen LogP contribution in [0, 0.1) is 18.6 Å². The Hall–Kier alpha value is -2.63. The van der Waals surface area contributed by atoms with Gasteiger partial charge in [-0.2, -0.15) is 0 Å². The fourth-order valence-electron chi connectivity index (χ4n) is 2.50. The van der Waals surface area contributed by atoms with Gasteiger partial charge in [0.2, 0.25) is 0 Å². The predicted octanol–water partition coefficient (Wildman–Crippen LogP) is 4.14. The number of hydrogen-bond acceptors (Lipinski definition) is 3. The van der Waals surface area contributed by atoms with Crippen LogP contribution in [0.1, 0.15) is 19.4 Å². The third-order valence-electron chi connectivity index (χ3n) is 3.87. The fourth-order valence-corrected chi connectivity index (χ4v) is 2.50. The maximum absolute atomic E-state index is 13.5. The second-order valence-corrected chi connectivity index (χ2v) is 5.58. The predicted molar refractivity (Wildman–Crippen MR) is 95.2 cm³/mol. The fraction of sp³-hybridized carbons (Fsp3) is 0.316. The van der Waals surface area contributed by atoms with Gasteiger partial charge in [0.05, 0.1) is 0 Å². The average molecular weight is 348 g/mol. The minimum atomic E-state index is -0.840. The maximum atomic E-state index is 13.5. The molecule has 0 aliphatic carbocycles. The van der Waals surface area contributed by atoms with Crippen molar-refractivity contribution < 1.29 is 18.3 Å². The Morgan fingerprint density at radius 3 is 2.44 bits per heavy atom. The first-order valence-corrected chi connectivity index (χ1v) is 8.17. The summed E-state index contributed by atoms with van der Waals surface area (Å²) in [7, 11) is 0. The van der Waals surface area contributed by atoms with E-state index in [2.05, 4.69) is 24.1 Å². The van der Waals surface area contributed by atoms with Crippen LogP contribution in [-0.4, -0.2) is 25.6 Å². The van der Waals surface area contributed by atoms with Crippen molar-refractivity contribution in [1.82, 2.24) is 0 Å². The summed E-state index contributed by atoms with van der Waals surface area (Å²) in [6.07, 6.45) is 0. The summed E-state index contributed by atoms with van der Waals surface area (Å²) >= 11 is 0. The highest BCUT2D eigenvalue weighted by Crippen LogP contribution is 2.23. The van der Waals surface area contributed by atoms with Crippen molar-refractivity contribution in [3.8, 4) is 5.75 Å². The topological polar surface area (TPSA) is 41.6 Å². The van der Waals surface area contributed by atoms with Crippen LogP contribution >= 0.6 is 0 Å². The van der Waals surface area contributed by atoms with Gasteiger partial charge < -0.3 is 15.0 Å². The zero-order valence-corrected chi connectivity index (χ0v) is 14.6. The Kier molecular flexibility index (Phi) is 6.33. The van der Waals surface area contributed by atoms with Crippen LogP contribution in [0.25, 0.3) is 0 Å². The molecule has 0 heterocycles. The molecule has 0 saturated heterocycles. The molecular weight excluding hydrogens is 326 g/mol. The van der Waals surface area contributed by atoms with E-state index in [-0.39, 0.29) is 12.4 Å². The van der Waals surface area contributed by atoms with Gasteiger partial charge in [-0.25, -0.2) is 8.78 Å². The summed E-state index contributed by atoms with van der Waals surface area (Å²) in [4.78, 5) is 14.2. The molecule has 0 aliphatic rings. The van der Waals surface area contributed by atoms with E-state index in [0.717, 1.165) is 36.5 Å². The smallest absolute Gasteiger partial charge is 0.262 e. The minimum Gasteiger partial charge on any atom is -0.481 e. The first-order valence-electron chi connectivity index (χ1n) is 8.17. The van der Waals surface area contributed by atoms with Gasteiger partial charge in [0, 0.05) is 30.5 Å². The number of ether oxygens (including phenoxy) is 1. The molecule has 0 fully saturated rings. The molecule has 134 valence electrons. The summed E-state index contributed by atoms with van der Waals surface area (Å²) < 4.78 is 31.4. The summed E-state index contributed by atoms with van der Waals surface area (Å²) in [5, 5.41) is 2.73. The quantitative estimate of drug-likeness (QED) is 0.818. The number of amides is 1. The minimum absolute atomic E-state index is 0.162. The number of carbonyl (C=O) groups is 1. The van der Waals surface area contributed by atoms with E-state index in [9.17, 15) is 13.6 Å². The average Bonchev–Trinajstić information content (AvgIpc) is 2.57. The Bertz CT molecular complexity index is 746. The monoisotopic (exact) mass is 348 g/mol. The molecule has 2 rings (SSSR count). The molecule has 0 spiro atoms. The summed E-state index contributed by atoms with van der Waals surface area (Å²) in [5.74, 6) is -2.11. The van der Waals surface area contributed by atoms with Gasteiger partial charge in [-0.05, 0) is 56.7 Å². The van der Waals surface area contributed by atoms with Crippen molar-refractivity contribution in [3.05, 3.63) is 53.6 Å². The van der Waals surface area contributed by atoms with Crippen molar-refractivity contribution in [1.29, 1.82) is 0 Å². The molecule has 2 aromatic rings. The molecule has 0 atom stereocenters. The van der Waals surface area contributed by atoms with E-state index in [1.807, 2.05) is 25.1 Å². The number of rotatable bonds is 7. The van der Waals surface area contributed by atoms with Crippen molar-refractivity contribution in [2.75, 3.05) is 29.9 Å². The number of halogens is 2. The number of hydrogen-bond donors (Lipinski definition) is 1. The SMILES string of the molecule is CCN(CC)c1ccc(NC(=O)COc2ccc(F)cc2F)c(C)c1. The first-order chi connectivity index (χ1) is 11.9. The Morgan fingerprint density at radius 2 is 1.84 bits per heavy atom. The van der Waals surface area contributed by atoms with Crippen LogP contribution in [0.3, 0.4) is 0 Å². The second kappa shape index (κ2) is 8.46. The lowest BCUT2D eigenvalue weighted by molar-refractivity contribution is -0.118. The van der Waals surface area contributed by atoms with Crippen molar-refractivity contribution in [2.45, 2.75) is 20.8 Å². The van der Waals surface area contributed by atoms with Crippen LogP contribution in [0.2, 0.25) is 0 Å². The summed E-state index contributed by atoms with van der Waals surface area (Å²) in [6, 6.07) is 8.72. The highest BCUT2D eigenvalue weighted by molar-refractivity contribution is 5.92. The van der Waals surface area contributed by atoms with Crippen LogP contribution in [0.5, 0.6) is 5.75 Å². The Labute approximate surface area is 146 Å². The van der Waals surface area contributed by atoms with Gasteiger partial charge in [-0.3, -0.25) is 4.79 Å². The zero-order valence-electron chi connectivity index (χ0n) is 14.6. The number of benzene rings is 2. The van der Waals surface area contributed by atoms with Crippen LogP contribution in [-0.2, 0) is 4.79 Å². The lowest BCUT2D eigenvalue weighted by atomic mass is 10.1. The van der Waals surface area contributed by atoms with Gasteiger partial charge in [-0.1, -0.05) is 0 Å². The molecule has 4 nitrogen and oxygen atoms in total.